The average Bonchev–Trinajstić information content (AvgIpc) is 2.20. The van der Waals surface area contributed by atoms with E-state index in [4.69, 9.17) is 0 Å². The molecule has 0 aromatic carbocycles. The van der Waals surface area contributed by atoms with E-state index in [2.05, 4.69) is 27.8 Å². The van der Waals surface area contributed by atoms with Crippen LogP contribution in [0.1, 0.15) is 19.8 Å². The second-order valence-corrected chi connectivity index (χ2v) is 2.87. The van der Waals surface area contributed by atoms with Crippen LogP contribution in [0.5, 0.6) is 0 Å². The Morgan fingerprint density at radius 3 is 3.00 bits per heavy atom. The van der Waals surface area contributed by atoms with Gasteiger partial charge in [0.25, 0.3) is 0 Å². The molecule has 0 saturated carbocycles. The summed E-state index contributed by atoms with van der Waals surface area (Å²) in [4.78, 5) is 11.2. The van der Waals surface area contributed by atoms with Gasteiger partial charge in [0.05, 0.1) is 18.1 Å². The molecule has 1 aromatic rings. The highest BCUT2D eigenvalue weighted by molar-refractivity contribution is 5.88. The van der Waals surface area contributed by atoms with Crippen LogP contribution in [0.4, 0.5) is 10.5 Å². The molecule has 0 radical (unpaired) electrons. The largest absolute Gasteiger partial charge is 0.338 e. The number of nitrogens with one attached hydrogen (secondary N) is 2. The van der Waals surface area contributed by atoms with Gasteiger partial charge < -0.3 is 10.6 Å². The lowest BCUT2D eigenvalue weighted by Crippen LogP contribution is -2.29. The van der Waals surface area contributed by atoms with E-state index < -0.39 is 0 Å². The minimum atomic E-state index is -0.202. The SMILES string of the molecule is CCCCNC(=O)Nc1ccnnc1. The van der Waals surface area contributed by atoms with Crippen LogP contribution >= 0.6 is 0 Å². The number of aromatic nitrogens is 2. The van der Waals surface area contributed by atoms with Crippen molar-refractivity contribution in [3.05, 3.63) is 18.5 Å². The molecule has 0 atom stereocenters. The first-order valence-electron chi connectivity index (χ1n) is 4.64. The van der Waals surface area contributed by atoms with E-state index in [1.807, 2.05) is 0 Å². The summed E-state index contributed by atoms with van der Waals surface area (Å²) >= 11 is 0. The molecular weight excluding hydrogens is 180 g/mol. The first-order valence-corrected chi connectivity index (χ1v) is 4.64. The molecule has 2 N–H and O–H groups in total. The van der Waals surface area contributed by atoms with Gasteiger partial charge in [-0.25, -0.2) is 4.79 Å². The molecule has 76 valence electrons. The number of anilines is 1. The van der Waals surface area contributed by atoms with Gasteiger partial charge in [-0.1, -0.05) is 13.3 Å². The second kappa shape index (κ2) is 5.90. The maximum Gasteiger partial charge on any atom is 0.319 e. The van der Waals surface area contributed by atoms with Crippen molar-refractivity contribution < 1.29 is 4.79 Å². The highest BCUT2D eigenvalue weighted by Gasteiger charge is 1.99. The fourth-order valence-electron chi connectivity index (χ4n) is 0.919. The predicted octanol–water partition coefficient (Wildman–Crippen LogP) is 1.40. The molecule has 0 aliphatic carbocycles. The Balaban J connectivity index is 2.27. The molecule has 1 rings (SSSR count). The predicted molar refractivity (Wildman–Crippen MR) is 54.0 cm³/mol. The summed E-state index contributed by atoms with van der Waals surface area (Å²) in [6, 6.07) is 1.48. The maximum absolute atomic E-state index is 11.2. The molecule has 5 nitrogen and oxygen atoms in total. The maximum atomic E-state index is 11.2. The Hall–Kier alpha value is -1.65. The lowest BCUT2D eigenvalue weighted by molar-refractivity contribution is 0.252. The van der Waals surface area contributed by atoms with Gasteiger partial charge in [0.1, 0.15) is 0 Å². The molecule has 5 heteroatoms. The van der Waals surface area contributed by atoms with Crippen LogP contribution in [-0.4, -0.2) is 22.8 Å². The Bertz CT molecular complexity index is 275. The topological polar surface area (TPSA) is 66.9 Å². The van der Waals surface area contributed by atoms with Crippen LogP contribution < -0.4 is 10.6 Å². The third-order valence-corrected chi connectivity index (χ3v) is 1.66. The fourth-order valence-corrected chi connectivity index (χ4v) is 0.919. The highest BCUT2D eigenvalue weighted by Crippen LogP contribution is 1.99. The summed E-state index contributed by atoms with van der Waals surface area (Å²) < 4.78 is 0. The number of unbranched alkanes of at least 4 members (excludes halogenated alkanes) is 1. The van der Waals surface area contributed by atoms with Crippen molar-refractivity contribution in [1.82, 2.24) is 15.5 Å². The number of rotatable bonds is 4. The van der Waals surface area contributed by atoms with Gasteiger partial charge >= 0.3 is 6.03 Å². The van der Waals surface area contributed by atoms with E-state index in [-0.39, 0.29) is 6.03 Å². The smallest absolute Gasteiger partial charge is 0.319 e. The molecule has 0 unspecified atom stereocenters. The Morgan fingerprint density at radius 2 is 2.36 bits per heavy atom. The molecule has 0 aliphatic heterocycles. The van der Waals surface area contributed by atoms with Crippen molar-refractivity contribution in [2.75, 3.05) is 11.9 Å². The minimum Gasteiger partial charge on any atom is -0.338 e. The van der Waals surface area contributed by atoms with Crippen molar-refractivity contribution in [1.29, 1.82) is 0 Å². The number of nitrogens with zero attached hydrogens (tertiary/aromatic N) is 2. The third-order valence-electron chi connectivity index (χ3n) is 1.66. The average molecular weight is 194 g/mol. The number of carbonyl (C=O) groups excluding carboxylic acids is 1. The lowest BCUT2D eigenvalue weighted by Gasteiger charge is -2.05. The van der Waals surface area contributed by atoms with E-state index in [9.17, 15) is 4.79 Å². The van der Waals surface area contributed by atoms with E-state index >= 15 is 0 Å². The monoisotopic (exact) mass is 194 g/mol. The highest BCUT2D eigenvalue weighted by atomic mass is 16.2. The molecule has 0 bridgehead atoms. The minimum absolute atomic E-state index is 0.202. The van der Waals surface area contributed by atoms with Gasteiger partial charge in [0.15, 0.2) is 0 Å². The summed E-state index contributed by atoms with van der Waals surface area (Å²) in [5.74, 6) is 0. The van der Waals surface area contributed by atoms with Crippen LogP contribution in [0.3, 0.4) is 0 Å². The van der Waals surface area contributed by atoms with Crippen molar-refractivity contribution in [2.24, 2.45) is 0 Å². The van der Waals surface area contributed by atoms with E-state index in [0.717, 1.165) is 12.8 Å². The zero-order valence-corrected chi connectivity index (χ0v) is 8.16. The molecule has 0 aliphatic rings. The molecular formula is C9H14N4O. The van der Waals surface area contributed by atoms with E-state index in [1.54, 1.807) is 6.07 Å². The van der Waals surface area contributed by atoms with Gasteiger partial charge in [0, 0.05) is 6.54 Å². The lowest BCUT2D eigenvalue weighted by atomic mass is 10.3. The van der Waals surface area contributed by atoms with Gasteiger partial charge in [0.2, 0.25) is 0 Å². The van der Waals surface area contributed by atoms with Crippen LogP contribution in [0.25, 0.3) is 0 Å². The van der Waals surface area contributed by atoms with Crippen molar-refractivity contribution in [3.8, 4) is 0 Å². The van der Waals surface area contributed by atoms with Crippen molar-refractivity contribution in [3.63, 3.8) is 0 Å². The first-order chi connectivity index (χ1) is 6.83. The van der Waals surface area contributed by atoms with Gasteiger partial charge in [-0.3, -0.25) is 0 Å². The number of carbonyl (C=O) groups is 1. The van der Waals surface area contributed by atoms with Crippen molar-refractivity contribution in [2.45, 2.75) is 19.8 Å². The van der Waals surface area contributed by atoms with E-state index in [1.165, 1.54) is 12.4 Å². The van der Waals surface area contributed by atoms with Gasteiger partial charge in [-0.2, -0.15) is 10.2 Å². The Kier molecular flexibility index (Phi) is 4.40. The summed E-state index contributed by atoms with van der Waals surface area (Å²) in [5.41, 5.74) is 0.647. The summed E-state index contributed by atoms with van der Waals surface area (Å²) in [6.45, 7) is 2.77. The Labute approximate surface area is 82.9 Å². The van der Waals surface area contributed by atoms with Crippen LogP contribution in [-0.2, 0) is 0 Å². The van der Waals surface area contributed by atoms with Gasteiger partial charge in [-0.05, 0) is 12.5 Å². The normalized spacial score (nSPS) is 9.50. The standard InChI is InChI=1S/C9H14N4O/c1-2-3-5-10-9(14)13-8-4-6-11-12-7-8/h4,6-7H,2-3,5H2,1H3,(H2,10,11,13,14). The summed E-state index contributed by atoms with van der Waals surface area (Å²) in [5, 5.41) is 12.6. The molecule has 14 heavy (non-hydrogen) atoms. The zero-order chi connectivity index (χ0) is 10.2. The van der Waals surface area contributed by atoms with Crippen LogP contribution in [0.2, 0.25) is 0 Å². The molecule has 2 amide bonds. The first kappa shape index (κ1) is 10.4. The molecule has 1 heterocycles. The van der Waals surface area contributed by atoms with Gasteiger partial charge in [-0.15, -0.1) is 0 Å². The summed E-state index contributed by atoms with van der Waals surface area (Å²) in [6.07, 6.45) is 5.08. The molecule has 0 fully saturated rings. The quantitative estimate of drug-likeness (QED) is 0.712. The Morgan fingerprint density at radius 1 is 1.50 bits per heavy atom. The van der Waals surface area contributed by atoms with Crippen molar-refractivity contribution >= 4 is 11.7 Å². The number of urea groups is 1. The number of amides is 2. The third kappa shape index (κ3) is 3.84. The number of hydrogen-bond acceptors (Lipinski definition) is 3. The van der Waals surface area contributed by atoms with E-state index in [0.29, 0.717) is 12.2 Å². The fraction of sp³-hybridized carbons (Fsp3) is 0.444. The van der Waals surface area contributed by atoms with Crippen LogP contribution in [0, 0.1) is 0 Å². The second-order valence-electron chi connectivity index (χ2n) is 2.87. The zero-order valence-electron chi connectivity index (χ0n) is 8.16. The molecule has 1 aromatic heterocycles. The molecule has 0 saturated heterocycles. The number of hydrogen-bond donors (Lipinski definition) is 2. The van der Waals surface area contributed by atoms with Crippen LogP contribution in [0.15, 0.2) is 18.5 Å². The molecule has 0 spiro atoms. The summed E-state index contributed by atoms with van der Waals surface area (Å²) in [7, 11) is 0.